The van der Waals surface area contributed by atoms with Crippen LogP contribution in [0.15, 0.2) is 53.3 Å². The number of aryl methyl sites for hydroxylation is 1. The number of hydrogen-bond acceptors (Lipinski definition) is 3. The third-order valence-corrected chi connectivity index (χ3v) is 4.72. The minimum atomic E-state index is -0.194. The maximum absolute atomic E-state index is 13.1. The smallest absolute Gasteiger partial charge is 0.274 e. The predicted molar refractivity (Wildman–Crippen MR) is 108 cm³/mol. The number of carbonyl (C=O) groups is 1. The standard InChI is InChI=1S/C22H25N3O2/c1-5-16-10-12-17(13-11-16)14-24(4)22(27)20-18-8-6-7-9-19(18)21(26)25(23-20)15(2)3/h6-13,15H,5,14H2,1-4H3. The number of amides is 1. The van der Waals surface area contributed by atoms with Crippen LogP contribution >= 0.6 is 0 Å². The van der Waals surface area contributed by atoms with Gasteiger partial charge in [-0.15, -0.1) is 0 Å². The molecule has 3 rings (SSSR count). The molecule has 1 heterocycles. The van der Waals surface area contributed by atoms with E-state index >= 15 is 0 Å². The summed E-state index contributed by atoms with van der Waals surface area (Å²) in [5, 5.41) is 5.52. The first-order valence-electron chi connectivity index (χ1n) is 9.27. The lowest BCUT2D eigenvalue weighted by Gasteiger charge is -2.19. The van der Waals surface area contributed by atoms with Crippen molar-refractivity contribution in [2.24, 2.45) is 0 Å². The lowest BCUT2D eigenvalue weighted by atomic mass is 10.1. The molecule has 0 atom stereocenters. The SMILES string of the molecule is CCc1ccc(CN(C)C(=O)c2nn(C(C)C)c(=O)c3ccccc23)cc1. The van der Waals surface area contributed by atoms with Gasteiger partial charge in [0.2, 0.25) is 0 Å². The van der Waals surface area contributed by atoms with Gasteiger partial charge in [0, 0.05) is 19.0 Å². The second kappa shape index (κ2) is 7.74. The lowest BCUT2D eigenvalue weighted by Crippen LogP contribution is -2.32. The van der Waals surface area contributed by atoms with Gasteiger partial charge in [-0.05, 0) is 37.5 Å². The van der Waals surface area contributed by atoms with Crippen molar-refractivity contribution < 1.29 is 4.79 Å². The molecule has 0 bridgehead atoms. The van der Waals surface area contributed by atoms with Crippen LogP contribution in [0, 0.1) is 0 Å². The first-order valence-corrected chi connectivity index (χ1v) is 9.27. The van der Waals surface area contributed by atoms with Crippen LogP contribution in [-0.2, 0) is 13.0 Å². The fourth-order valence-electron chi connectivity index (χ4n) is 3.12. The molecule has 3 aromatic rings. The Hall–Kier alpha value is -2.95. The summed E-state index contributed by atoms with van der Waals surface area (Å²) >= 11 is 0. The Morgan fingerprint density at radius 1 is 1.04 bits per heavy atom. The summed E-state index contributed by atoms with van der Waals surface area (Å²) in [6.07, 6.45) is 0.988. The minimum Gasteiger partial charge on any atom is -0.336 e. The Morgan fingerprint density at radius 3 is 2.22 bits per heavy atom. The van der Waals surface area contributed by atoms with E-state index in [-0.39, 0.29) is 17.5 Å². The van der Waals surface area contributed by atoms with E-state index in [9.17, 15) is 9.59 Å². The highest BCUT2D eigenvalue weighted by atomic mass is 16.2. The Morgan fingerprint density at radius 2 is 1.63 bits per heavy atom. The van der Waals surface area contributed by atoms with Gasteiger partial charge in [0.1, 0.15) is 0 Å². The molecule has 0 saturated heterocycles. The summed E-state index contributed by atoms with van der Waals surface area (Å²) in [6, 6.07) is 15.3. The summed E-state index contributed by atoms with van der Waals surface area (Å²) < 4.78 is 1.39. The Labute approximate surface area is 159 Å². The van der Waals surface area contributed by atoms with Crippen LogP contribution in [0.1, 0.15) is 48.4 Å². The van der Waals surface area contributed by atoms with Gasteiger partial charge in [-0.1, -0.05) is 49.4 Å². The zero-order chi connectivity index (χ0) is 19.6. The van der Waals surface area contributed by atoms with Gasteiger partial charge in [-0.3, -0.25) is 9.59 Å². The zero-order valence-electron chi connectivity index (χ0n) is 16.3. The third kappa shape index (κ3) is 3.77. The first-order chi connectivity index (χ1) is 12.9. The second-order valence-corrected chi connectivity index (χ2v) is 7.07. The monoisotopic (exact) mass is 363 g/mol. The Bertz CT molecular complexity index is 1020. The molecule has 0 aliphatic rings. The number of rotatable bonds is 5. The molecule has 1 amide bonds. The van der Waals surface area contributed by atoms with Gasteiger partial charge in [0.15, 0.2) is 5.69 Å². The largest absolute Gasteiger partial charge is 0.336 e. The minimum absolute atomic E-state index is 0.124. The molecule has 140 valence electrons. The van der Waals surface area contributed by atoms with E-state index in [0.717, 1.165) is 12.0 Å². The number of hydrogen-bond donors (Lipinski definition) is 0. The highest BCUT2D eigenvalue weighted by molar-refractivity contribution is 6.04. The molecule has 1 aromatic heterocycles. The van der Waals surface area contributed by atoms with Crippen molar-refractivity contribution in [3.8, 4) is 0 Å². The van der Waals surface area contributed by atoms with Crippen LogP contribution in [0.3, 0.4) is 0 Å². The number of nitrogens with zero attached hydrogens (tertiary/aromatic N) is 3. The van der Waals surface area contributed by atoms with E-state index in [2.05, 4.69) is 24.2 Å². The topological polar surface area (TPSA) is 55.2 Å². The molecule has 5 nitrogen and oxygen atoms in total. The molecule has 0 unspecified atom stereocenters. The first kappa shape index (κ1) is 18.8. The third-order valence-electron chi connectivity index (χ3n) is 4.72. The van der Waals surface area contributed by atoms with E-state index in [1.54, 1.807) is 24.1 Å². The van der Waals surface area contributed by atoms with E-state index in [1.165, 1.54) is 10.2 Å². The van der Waals surface area contributed by atoms with Crippen molar-refractivity contribution in [1.82, 2.24) is 14.7 Å². The summed E-state index contributed by atoms with van der Waals surface area (Å²) in [5.74, 6) is -0.194. The van der Waals surface area contributed by atoms with Gasteiger partial charge in [0.05, 0.1) is 11.4 Å². The lowest BCUT2D eigenvalue weighted by molar-refractivity contribution is 0.0778. The molecule has 0 radical (unpaired) electrons. The second-order valence-electron chi connectivity index (χ2n) is 7.07. The number of carbonyl (C=O) groups excluding carboxylic acids is 1. The number of aromatic nitrogens is 2. The highest BCUT2D eigenvalue weighted by Crippen LogP contribution is 2.17. The summed E-state index contributed by atoms with van der Waals surface area (Å²) in [5.41, 5.74) is 2.47. The molecule has 0 saturated carbocycles. The summed E-state index contributed by atoms with van der Waals surface area (Å²) in [4.78, 5) is 27.4. The van der Waals surface area contributed by atoms with E-state index < -0.39 is 0 Å². The van der Waals surface area contributed by atoms with Crippen LogP contribution in [0.4, 0.5) is 0 Å². The molecule has 2 aromatic carbocycles. The van der Waals surface area contributed by atoms with Crippen molar-refractivity contribution in [2.75, 3.05) is 7.05 Å². The van der Waals surface area contributed by atoms with E-state index in [1.807, 2.05) is 38.1 Å². The summed E-state index contributed by atoms with van der Waals surface area (Å²) in [7, 11) is 1.76. The van der Waals surface area contributed by atoms with Crippen LogP contribution in [0.25, 0.3) is 10.8 Å². The maximum atomic E-state index is 13.1. The van der Waals surface area contributed by atoms with Gasteiger partial charge < -0.3 is 4.90 Å². The molecular formula is C22H25N3O2. The van der Waals surface area contributed by atoms with Crippen LogP contribution in [-0.4, -0.2) is 27.6 Å². The van der Waals surface area contributed by atoms with Crippen molar-refractivity contribution in [3.63, 3.8) is 0 Å². The fourth-order valence-corrected chi connectivity index (χ4v) is 3.12. The Balaban J connectivity index is 1.98. The zero-order valence-corrected chi connectivity index (χ0v) is 16.3. The van der Waals surface area contributed by atoms with Crippen molar-refractivity contribution in [3.05, 3.63) is 75.7 Å². The molecular weight excluding hydrogens is 338 g/mol. The quantitative estimate of drug-likeness (QED) is 0.693. The molecule has 0 fully saturated rings. The van der Waals surface area contributed by atoms with Gasteiger partial charge >= 0.3 is 0 Å². The molecule has 27 heavy (non-hydrogen) atoms. The molecule has 0 spiro atoms. The average molecular weight is 363 g/mol. The van der Waals surface area contributed by atoms with Crippen LogP contribution in [0.2, 0.25) is 0 Å². The number of fused-ring (bicyclic) bond motifs is 1. The molecule has 0 N–H and O–H groups in total. The van der Waals surface area contributed by atoms with Gasteiger partial charge in [-0.25, -0.2) is 4.68 Å². The fraction of sp³-hybridized carbons (Fsp3) is 0.318. The molecule has 0 aliphatic heterocycles. The van der Waals surface area contributed by atoms with E-state index in [0.29, 0.717) is 23.0 Å². The highest BCUT2D eigenvalue weighted by Gasteiger charge is 2.20. The Kier molecular flexibility index (Phi) is 5.40. The molecule has 5 heteroatoms. The number of benzene rings is 2. The molecule has 0 aliphatic carbocycles. The predicted octanol–water partition coefficient (Wildman–Crippen LogP) is 3.81. The van der Waals surface area contributed by atoms with Crippen LogP contribution < -0.4 is 5.56 Å². The normalized spacial score (nSPS) is 11.1. The van der Waals surface area contributed by atoms with Crippen molar-refractivity contribution in [1.29, 1.82) is 0 Å². The average Bonchev–Trinajstić information content (AvgIpc) is 2.68. The van der Waals surface area contributed by atoms with Crippen molar-refractivity contribution >= 4 is 16.7 Å². The van der Waals surface area contributed by atoms with Gasteiger partial charge in [0.25, 0.3) is 11.5 Å². The summed E-state index contributed by atoms with van der Waals surface area (Å²) in [6.45, 7) is 6.37. The van der Waals surface area contributed by atoms with Crippen molar-refractivity contribution in [2.45, 2.75) is 39.8 Å². The maximum Gasteiger partial charge on any atom is 0.274 e. The van der Waals surface area contributed by atoms with Gasteiger partial charge in [-0.2, -0.15) is 5.10 Å². The van der Waals surface area contributed by atoms with Crippen LogP contribution in [0.5, 0.6) is 0 Å². The van der Waals surface area contributed by atoms with E-state index in [4.69, 9.17) is 0 Å².